The Kier molecular flexibility index (Phi) is 21.7. The fourth-order valence-corrected chi connectivity index (χ4v) is 5.69. The van der Waals surface area contributed by atoms with Gasteiger partial charge in [-0.2, -0.15) is 0 Å². The van der Waals surface area contributed by atoms with Gasteiger partial charge >= 0.3 is 23.9 Å². The van der Waals surface area contributed by atoms with E-state index < -0.39 is 98.7 Å². The number of carbonyl (C=O) groups is 10. The average Bonchev–Trinajstić information content (AvgIpc) is 3.12. The van der Waals surface area contributed by atoms with Crippen molar-refractivity contribution in [2.45, 2.75) is 57.9 Å². The van der Waals surface area contributed by atoms with Crippen LogP contribution >= 0.6 is 0 Å². The molecule has 310 valence electrons. The number of unbranched alkanes of at least 4 members (excludes halogenated alkanes) is 1. The van der Waals surface area contributed by atoms with Gasteiger partial charge in [-0.05, 0) is 78.1 Å². The van der Waals surface area contributed by atoms with E-state index >= 15 is 0 Å². The van der Waals surface area contributed by atoms with Crippen LogP contribution in [-0.4, -0.2) is 161 Å². The lowest BCUT2D eigenvalue weighted by molar-refractivity contribution is -0.154. The Hall–Kier alpha value is -5.92. The number of hydrogen-bond donors (Lipinski definition) is 7. The molecular formula is C36H52N6O14. The van der Waals surface area contributed by atoms with Gasteiger partial charge in [0.2, 0.25) is 23.6 Å². The van der Waals surface area contributed by atoms with Gasteiger partial charge in [0.15, 0.2) is 0 Å². The second-order valence-corrected chi connectivity index (χ2v) is 13.2. The number of rotatable bonds is 22. The van der Waals surface area contributed by atoms with Crippen LogP contribution in [0.5, 0.6) is 0 Å². The molecule has 1 aliphatic rings. The molecule has 2 rings (SSSR count). The van der Waals surface area contributed by atoms with E-state index in [4.69, 9.17) is 0 Å². The van der Waals surface area contributed by atoms with E-state index in [-0.39, 0.29) is 44.1 Å². The summed E-state index contributed by atoms with van der Waals surface area (Å²) in [4.78, 5) is 124. The second-order valence-electron chi connectivity index (χ2n) is 13.2. The van der Waals surface area contributed by atoms with Crippen LogP contribution in [-0.2, 0) is 43.2 Å². The number of aryl methyl sites for hydroxylation is 1. The van der Waals surface area contributed by atoms with Crippen LogP contribution in [0.15, 0.2) is 24.3 Å². The Bertz CT molecular complexity index is 1560. The molecule has 0 aromatic heterocycles. The minimum Gasteiger partial charge on any atom is -0.480 e. The van der Waals surface area contributed by atoms with Crippen LogP contribution in [0.4, 0.5) is 0 Å². The maximum Gasteiger partial charge on any atom is 0.326 e. The first kappa shape index (κ1) is 48.1. The number of aldehydes is 1. The summed E-state index contributed by atoms with van der Waals surface area (Å²) in [5.41, 5.74) is 1.35. The average molecular weight is 793 g/mol. The van der Waals surface area contributed by atoms with Crippen molar-refractivity contribution in [2.75, 3.05) is 59.9 Å². The van der Waals surface area contributed by atoms with E-state index in [1.165, 1.54) is 0 Å². The molecular weight excluding hydrogens is 740 g/mol. The summed E-state index contributed by atoms with van der Waals surface area (Å²) in [6.07, 6.45) is 2.55. The van der Waals surface area contributed by atoms with Crippen molar-refractivity contribution in [2.24, 2.45) is 11.8 Å². The highest BCUT2D eigenvalue weighted by Crippen LogP contribution is 2.29. The third kappa shape index (κ3) is 18.4. The molecule has 1 unspecified atom stereocenters. The van der Waals surface area contributed by atoms with Gasteiger partial charge in [-0.3, -0.25) is 38.4 Å². The maximum absolute atomic E-state index is 13.2. The summed E-state index contributed by atoms with van der Waals surface area (Å²) < 4.78 is 0. The van der Waals surface area contributed by atoms with Gasteiger partial charge in [0.05, 0.1) is 0 Å². The Labute approximate surface area is 323 Å². The molecule has 0 radical (unpaired) electrons. The summed E-state index contributed by atoms with van der Waals surface area (Å²) >= 11 is 0. The molecule has 1 atom stereocenters. The fourth-order valence-electron chi connectivity index (χ4n) is 5.69. The van der Waals surface area contributed by atoms with Crippen molar-refractivity contribution < 1.29 is 68.4 Å². The van der Waals surface area contributed by atoms with E-state index in [1.807, 2.05) is 27.1 Å². The SMILES string of the molecule is CNC.Cc1cccc(C(=O)NCCCCC(NC(=O)CN(CC(=O)O)C(=O)CN(CC(=O)O)C(=O)CN(CC(=O)O)C(=O)C2CCC(C=O)CC2)C(=O)O)c1. The normalized spacial score (nSPS) is 15.1. The first-order chi connectivity index (χ1) is 26.4. The number of nitrogens with one attached hydrogen (secondary N) is 3. The van der Waals surface area contributed by atoms with E-state index in [2.05, 4.69) is 16.0 Å². The van der Waals surface area contributed by atoms with Crippen LogP contribution in [0.3, 0.4) is 0 Å². The van der Waals surface area contributed by atoms with Gasteiger partial charge in [-0.25, -0.2) is 4.79 Å². The second kappa shape index (κ2) is 25.2. The molecule has 0 saturated heterocycles. The molecule has 1 fully saturated rings. The zero-order valence-corrected chi connectivity index (χ0v) is 31.7. The quantitative estimate of drug-likeness (QED) is 0.0550. The Morgan fingerprint density at radius 1 is 0.750 bits per heavy atom. The Morgan fingerprint density at radius 2 is 1.27 bits per heavy atom. The summed E-state index contributed by atoms with van der Waals surface area (Å²) in [5.74, 6) is -11.5. The third-order valence-corrected chi connectivity index (χ3v) is 8.41. The molecule has 1 aliphatic carbocycles. The molecule has 20 nitrogen and oxygen atoms in total. The number of benzene rings is 1. The van der Waals surface area contributed by atoms with Crippen molar-refractivity contribution in [3.8, 4) is 0 Å². The summed E-state index contributed by atoms with van der Waals surface area (Å²) in [5, 5.41) is 45.4. The molecule has 56 heavy (non-hydrogen) atoms. The number of amides is 5. The molecule has 0 spiro atoms. The first-order valence-electron chi connectivity index (χ1n) is 17.8. The highest BCUT2D eigenvalue weighted by molar-refractivity contribution is 5.95. The molecule has 0 heterocycles. The van der Waals surface area contributed by atoms with E-state index in [9.17, 15) is 68.4 Å². The van der Waals surface area contributed by atoms with Crippen molar-refractivity contribution in [3.63, 3.8) is 0 Å². The zero-order chi connectivity index (χ0) is 42.4. The largest absolute Gasteiger partial charge is 0.480 e. The molecule has 7 N–H and O–H groups in total. The predicted molar refractivity (Wildman–Crippen MR) is 196 cm³/mol. The van der Waals surface area contributed by atoms with Crippen LogP contribution in [0.1, 0.15) is 60.9 Å². The molecule has 0 bridgehead atoms. The third-order valence-electron chi connectivity index (χ3n) is 8.41. The lowest BCUT2D eigenvalue weighted by atomic mass is 9.82. The molecule has 20 heteroatoms. The number of nitrogens with zero attached hydrogens (tertiary/aromatic N) is 3. The lowest BCUT2D eigenvalue weighted by Crippen LogP contribution is -2.53. The van der Waals surface area contributed by atoms with E-state index in [0.29, 0.717) is 39.5 Å². The Balaban J connectivity index is 0.00000505. The molecule has 1 aromatic rings. The summed E-state index contributed by atoms with van der Waals surface area (Å²) in [6.45, 7) is -4.08. The number of carboxylic acid groups (broad SMARTS) is 4. The van der Waals surface area contributed by atoms with Crippen LogP contribution in [0, 0.1) is 18.8 Å². The van der Waals surface area contributed by atoms with Crippen LogP contribution in [0.2, 0.25) is 0 Å². The number of carbonyl (C=O) groups excluding carboxylic acids is 6. The van der Waals surface area contributed by atoms with E-state index in [1.54, 1.807) is 18.2 Å². The molecule has 0 aliphatic heterocycles. The molecule has 1 aromatic carbocycles. The van der Waals surface area contributed by atoms with Gasteiger partial charge in [0.1, 0.15) is 51.6 Å². The van der Waals surface area contributed by atoms with Gasteiger partial charge in [-0.1, -0.05) is 17.7 Å². The lowest BCUT2D eigenvalue weighted by Gasteiger charge is -2.31. The topological polar surface area (TPSA) is 297 Å². The number of carboxylic acids is 4. The monoisotopic (exact) mass is 792 g/mol. The van der Waals surface area contributed by atoms with Crippen LogP contribution < -0.4 is 16.0 Å². The van der Waals surface area contributed by atoms with Crippen molar-refractivity contribution >= 4 is 59.7 Å². The minimum absolute atomic E-state index is 0.0841. The molecule has 5 amide bonds. The van der Waals surface area contributed by atoms with Crippen LogP contribution in [0.25, 0.3) is 0 Å². The smallest absolute Gasteiger partial charge is 0.326 e. The highest BCUT2D eigenvalue weighted by Gasteiger charge is 2.33. The molecule has 1 saturated carbocycles. The Morgan fingerprint density at radius 3 is 1.77 bits per heavy atom. The van der Waals surface area contributed by atoms with Crippen molar-refractivity contribution in [3.05, 3.63) is 35.4 Å². The summed E-state index contributed by atoms with van der Waals surface area (Å²) in [7, 11) is 3.75. The zero-order valence-electron chi connectivity index (χ0n) is 31.7. The fraction of sp³-hybridized carbons (Fsp3) is 0.556. The minimum atomic E-state index is -1.60. The number of aliphatic carboxylic acids is 4. The van der Waals surface area contributed by atoms with Gasteiger partial charge < -0.3 is 55.9 Å². The standard InChI is InChI=1S/C34H45N5O14.C2H7N/c1-21-5-4-6-24(13-21)32(50)35-12-3-2-7-25(34(52)53)36-26(41)14-37(17-29(44)45)27(42)15-38(18-30(46)47)28(43)16-39(19-31(48)49)33(51)23-10-8-22(20-40)9-11-23;1-3-2/h4-6,13,20,22-23,25H,2-3,7-12,14-19H2,1H3,(H,35,50)(H,36,41)(H,44,45)(H,46,47)(H,48,49)(H,52,53);3H,1-2H3. The first-order valence-corrected chi connectivity index (χ1v) is 17.8. The summed E-state index contributed by atoms with van der Waals surface area (Å²) in [6, 6.07) is 5.46. The van der Waals surface area contributed by atoms with Gasteiger partial charge in [-0.15, -0.1) is 0 Å². The maximum atomic E-state index is 13.2. The van der Waals surface area contributed by atoms with Crippen molar-refractivity contribution in [1.29, 1.82) is 0 Å². The van der Waals surface area contributed by atoms with Gasteiger partial charge in [0, 0.05) is 23.9 Å². The van der Waals surface area contributed by atoms with Gasteiger partial charge in [0.25, 0.3) is 5.91 Å². The highest BCUT2D eigenvalue weighted by atomic mass is 16.4. The predicted octanol–water partition coefficient (Wildman–Crippen LogP) is -0.955. The number of hydrogen-bond acceptors (Lipinski definition) is 11. The van der Waals surface area contributed by atoms with Crippen molar-refractivity contribution in [1.82, 2.24) is 30.7 Å². The van der Waals surface area contributed by atoms with E-state index in [0.717, 1.165) is 11.8 Å².